The van der Waals surface area contributed by atoms with Crippen molar-refractivity contribution in [3.63, 3.8) is 0 Å². The molecular weight excluding hydrogens is 516 g/mol. The molecule has 2 atom stereocenters. The maximum Gasteiger partial charge on any atom is 0.338 e. The molecule has 0 N–H and O–H groups in total. The molecule has 1 fully saturated rings. The van der Waals surface area contributed by atoms with Gasteiger partial charge in [0, 0.05) is 19.3 Å². The van der Waals surface area contributed by atoms with Gasteiger partial charge in [0.1, 0.15) is 17.6 Å². The van der Waals surface area contributed by atoms with Crippen molar-refractivity contribution in [2.75, 3.05) is 0 Å². The molecule has 1 aliphatic carbocycles. The Balaban J connectivity index is 1.48. The molecule has 2 unspecified atom stereocenters. The molecule has 0 saturated heterocycles. The van der Waals surface area contributed by atoms with E-state index in [0.29, 0.717) is 16.7 Å². The van der Waals surface area contributed by atoms with Gasteiger partial charge in [0.2, 0.25) is 0 Å². The Morgan fingerprint density at radius 2 is 0.973 bits per heavy atom. The van der Waals surface area contributed by atoms with Gasteiger partial charge >= 0.3 is 5.97 Å². The van der Waals surface area contributed by atoms with Crippen molar-refractivity contribution in [1.29, 1.82) is 0 Å². The van der Waals surface area contributed by atoms with Crippen molar-refractivity contribution < 1.29 is 34.7 Å². The van der Waals surface area contributed by atoms with E-state index in [-0.39, 0.29) is 30.8 Å². The number of esters is 1. The van der Waals surface area contributed by atoms with E-state index in [0.717, 1.165) is 0 Å². The standard InChI is InChI=1S/C27H28O8S2/c28-27(23-14-8-3-9-15-23)33-24-16-25(34-36(29,30)19-21-10-4-1-5-11-21)18-26(17-24)35-37(31,32)20-22-12-6-2-7-13-22/h1-15,24-26H,16-20H2. The maximum absolute atomic E-state index is 12.8. The highest BCUT2D eigenvalue weighted by molar-refractivity contribution is 7.86. The molecule has 3 aromatic rings. The molecule has 0 radical (unpaired) electrons. The molecular formula is C27H28O8S2. The van der Waals surface area contributed by atoms with Crippen molar-refractivity contribution in [2.24, 2.45) is 0 Å². The molecule has 0 spiro atoms. The van der Waals surface area contributed by atoms with Gasteiger partial charge in [0.25, 0.3) is 20.2 Å². The molecule has 10 heteroatoms. The summed E-state index contributed by atoms with van der Waals surface area (Å²) in [5, 5.41) is 0. The number of ether oxygens (including phenoxy) is 1. The van der Waals surface area contributed by atoms with Crippen molar-refractivity contribution in [3.8, 4) is 0 Å². The summed E-state index contributed by atoms with van der Waals surface area (Å²) < 4.78 is 67.6. The summed E-state index contributed by atoms with van der Waals surface area (Å²) in [5.41, 5.74) is 1.45. The molecule has 1 aliphatic rings. The van der Waals surface area contributed by atoms with Crippen molar-refractivity contribution in [3.05, 3.63) is 108 Å². The van der Waals surface area contributed by atoms with Gasteiger partial charge in [-0.25, -0.2) is 4.79 Å². The Labute approximate surface area is 217 Å². The molecule has 4 rings (SSSR count). The van der Waals surface area contributed by atoms with Gasteiger partial charge in [0.05, 0.1) is 17.8 Å². The zero-order valence-electron chi connectivity index (χ0n) is 20.0. The van der Waals surface area contributed by atoms with Crippen LogP contribution in [0.2, 0.25) is 0 Å². The molecule has 0 heterocycles. The molecule has 0 aliphatic heterocycles. The zero-order chi connectivity index (χ0) is 26.3. The molecule has 196 valence electrons. The third-order valence-electron chi connectivity index (χ3n) is 5.80. The van der Waals surface area contributed by atoms with E-state index in [1.54, 1.807) is 91.0 Å². The second-order valence-corrected chi connectivity index (χ2v) is 12.1. The summed E-state index contributed by atoms with van der Waals surface area (Å²) in [4.78, 5) is 12.6. The lowest BCUT2D eigenvalue weighted by atomic mass is 9.92. The summed E-state index contributed by atoms with van der Waals surface area (Å²) >= 11 is 0. The van der Waals surface area contributed by atoms with Crippen molar-refractivity contribution in [1.82, 2.24) is 0 Å². The largest absolute Gasteiger partial charge is 0.459 e. The average Bonchev–Trinajstić information content (AvgIpc) is 2.84. The highest BCUT2D eigenvalue weighted by Gasteiger charge is 2.37. The monoisotopic (exact) mass is 544 g/mol. The predicted molar refractivity (Wildman–Crippen MR) is 137 cm³/mol. The molecule has 37 heavy (non-hydrogen) atoms. The fourth-order valence-electron chi connectivity index (χ4n) is 4.25. The predicted octanol–water partition coefficient (Wildman–Crippen LogP) is 4.23. The van der Waals surface area contributed by atoms with Gasteiger partial charge < -0.3 is 4.74 Å². The van der Waals surface area contributed by atoms with Gasteiger partial charge in [-0.15, -0.1) is 0 Å². The van der Waals surface area contributed by atoms with Crippen molar-refractivity contribution >= 4 is 26.2 Å². The number of hydrogen-bond donors (Lipinski definition) is 0. The van der Waals surface area contributed by atoms with E-state index >= 15 is 0 Å². The number of carbonyl (C=O) groups excluding carboxylic acids is 1. The molecule has 3 aromatic carbocycles. The normalized spacial score (nSPS) is 20.3. The lowest BCUT2D eigenvalue weighted by Crippen LogP contribution is -2.40. The van der Waals surface area contributed by atoms with Crippen LogP contribution in [-0.4, -0.2) is 41.1 Å². The molecule has 0 bridgehead atoms. The Bertz CT molecular complexity index is 1290. The minimum absolute atomic E-state index is 0.0153. The van der Waals surface area contributed by atoms with E-state index in [4.69, 9.17) is 13.1 Å². The van der Waals surface area contributed by atoms with Crippen LogP contribution in [0.4, 0.5) is 0 Å². The first kappa shape index (κ1) is 27.0. The van der Waals surface area contributed by atoms with E-state index in [1.807, 2.05) is 0 Å². The number of benzene rings is 3. The first-order chi connectivity index (χ1) is 17.7. The van der Waals surface area contributed by atoms with E-state index in [2.05, 4.69) is 0 Å². The summed E-state index contributed by atoms with van der Waals surface area (Å²) in [6, 6.07) is 25.5. The highest BCUT2D eigenvalue weighted by Crippen LogP contribution is 2.30. The molecule has 1 saturated carbocycles. The van der Waals surface area contributed by atoms with Gasteiger partial charge in [-0.05, 0) is 23.3 Å². The van der Waals surface area contributed by atoms with Crippen LogP contribution in [0.1, 0.15) is 40.7 Å². The minimum atomic E-state index is -4.00. The van der Waals surface area contributed by atoms with Gasteiger partial charge in [0.15, 0.2) is 0 Å². The van der Waals surface area contributed by atoms with Crippen LogP contribution in [0.15, 0.2) is 91.0 Å². The minimum Gasteiger partial charge on any atom is -0.459 e. The SMILES string of the molecule is O=C(OC1CC(OS(=O)(=O)Cc2ccccc2)CC(OS(=O)(=O)Cc2ccccc2)C1)c1ccccc1. The topological polar surface area (TPSA) is 113 Å². The van der Waals surface area contributed by atoms with Crippen LogP contribution < -0.4 is 0 Å². The Hall–Kier alpha value is -3.05. The van der Waals surface area contributed by atoms with Gasteiger partial charge in [-0.1, -0.05) is 78.9 Å². The Morgan fingerprint density at radius 3 is 1.41 bits per heavy atom. The zero-order valence-corrected chi connectivity index (χ0v) is 21.6. The third-order valence-corrected chi connectivity index (χ3v) is 8.30. The Morgan fingerprint density at radius 1 is 0.595 bits per heavy atom. The molecule has 0 amide bonds. The second kappa shape index (κ2) is 12.0. The average molecular weight is 545 g/mol. The third kappa shape index (κ3) is 8.50. The first-order valence-corrected chi connectivity index (χ1v) is 15.0. The number of carbonyl (C=O) groups is 1. The maximum atomic E-state index is 12.8. The number of hydrogen-bond acceptors (Lipinski definition) is 8. The molecule has 8 nitrogen and oxygen atoms in total. The van der Waals surface area contributed by atoms with Gasteiger partial charge in [-0.2, -0.15) is 16.8 Å². The van der Waals surface area contributed by atoms with E-state index in [1.165, 1.54) is 0 Å². The fourth-order valence-corrected chi connectivity index (χ4v) is 6.74. The van der Waals surface area contributed by atoms with E-state index < -0.39 is 44.5 Å². The smallest absolute Gasteiger partial charge is 0.338 e. The van der Waals surface area contributed by atoms with Crippen LogP contribution >= 0.6 is 0 Å². The van der Waals surface area contributed by atoms with Crippen molar-refractivity contribution in [2.45, 2.75) is 49.1 Å². The quantitative estimate of drug-likeness (QED) is 0.275. The van der Waals surface area contributed by atoms with Gasteiger partial charge in [-0.3, -0.25) is 8.37 Å². The Kier molecular flexibility index (Phi) is 8.75. The summed E-state index contributed by atoms with van der Waals surface area (Å²) in [5.74, 6) is -1.27. The lowest BCUT2D eigenvalue weighted by Gasteiger charge is -2.33. The summed E-state index contributed by atoms with van der Waals surface area (Å²) in [6.45, 7) is 0. The fraction of sp³-hybridized carbons (Fsp3) is 0.296. The summed E-state index contributed by atoms with van der Waals surface area (Å²) in [6.07, 6.45) is -2.45. The number of rotatable bonds is 10. The van der Waals surface area contributed by atoms with E-state index in [9.17, 15) is 21.6 Å². The van der Waals surface area contributed by atoms with Crippen LogP contribution in [0.5, 0.6) is 0 Å². The highest BCUT2D eigenvalue weighted by atomic mass is 32.2. The summed E-state index contributed by atoms with van der Waals surface area (Å²) in [7, 11) is -8.00. The second-order valence-electron chi connectivity index (χ2n) is 8.91. The first-order valence-electron chi connectivity index (χ1n) is 11.8. The van der Waals surface area contributed by atoms with Crippen LogP contribution in [-0.2, 0) is 44.8 Å². The van der Waals surface area contributed by atoms with Crippen LogP contribution in [0.25, 0.3) is 0 Å². The lowest BCUT2D eigenvalue weighted by molar-refractivity contribution is -0.0247. The van der Waals surface area contributed by atoms with Crippen LogP contribution in [0.3, 0.4) is 0 Å². The molecule has 0 aromatic heterocycles. The van der Waals surface area contributed by atoms with Crippen LogP contribution in [0, 0.1) is 0 Å².